The van der Waals surface area contributed by atoms with Gasteiger partial charge in [0.25, 0.3) is 0 Å². The lowest BCUT2D eigenvalue weighted by Gasteiger charge is -2.23. The molecule has 1 fully saturated rings. The summed E-state index contributed by atoms with van der Waals surface area (Å²) in [6, 6.07) is 6.74. The number of aromatic nitrogens is 3. The van der Waals surface area contributed by atoms with Gasteiger partial charge >= 0.3 is 12.1 Å². The smallest absolute Gasteiger partial charge is 0.475 e. The largest absolute Gasteiger partial charge is 0.490 e. The van der Waals surface area contributed by atoms with Crippen molar-refractivity contribution in [3.8, 4) is 11.3 Å². The first-order chi connectivity index (χ1) is 14.3. The van der Waals surface area contributed by atoms with E-state index in [-0.39, 0.29) is 0 Å². The van der Waals surface area contributed by atoms with Gasteiger partial charge in [0.05, 0.1) is 16.1 Å². The molecule has 1 unspecified atom stereocenters. The van der Waals surface area contributed by atoms with Crippen LogP contribution in [0.1, 0.15) is 18.5 Å². The molecule has 0 saturated carbocycles. The minimum Gasteiger partial charge on any atom is -0.475 e. The first-order valence-corrected chi connectivity index (χ1v) is 10.1. The van der Waals surface area contributed by atoms with Gasteiger partial charge in [-0.25, -0.2) is 4.79 Å². The molecule has 0 spiro atoms. The molecule has 0 aliphatic carbocycles. The van der Waals surface area contributed by atoms with Gasteiger partial charge in [-0.3, -0.25) is 4.98 Å². The molecule has 7 nitrogen and oxygen atoms in total. The second-order valence-corrected chi connectivity index (χ2v) is 7.60. The second-order valence-electron chi connectivity index (χ2n) is 6.66. The molecular formula is C19H20F3N5O2S. The van der Waals surface area contributed by atoms with Gasteiger partial charge in [0.2, 0.25) is 0 Å². The van der Waals surface area contributed by atoms with Crippen molar-refractivity contribution in [3.05, 3.63) is 41.7 Å². The lowest BCUT2D eigenvalue weighted by atomic mass is 10.1. The minimum absolute atomic E-state index is 0.536. The van der Waals surface area contributed by atoms with Crippen molar-refractivity contribution in [3.63, 3.8) is 0 Å². The third-order valence-corrected chi connectivity index (χ3v) is 5.34. The van der Waals surface area contributed by atoms with Crippen molar-refractivity contribution >= 4 is 27.4 Å². The summed E-state index contributed by atoms with van der Waals surface area (Å²) in [6.07, 6.45) is 1.14. The molecule has 0 bridgehead atoms. The Morgan fingerprint density at radius 1 is 1.27 bits per heavy atom. The van der Waals surface area contributed by atoms with Gasteiger partial charge in [0.1, 0.15) is 0 Å². The molecule has 3 aromatic rings. The number of carboxylic acids is 1. The number of pyridine rings is 1. The molecule has 1 atom stereocenters. The number of carbonyl (C=O) groups is 1. The van der Waals surface area contributed by atoms with Crippen LogP contribution in [-0.4, -0.2) is 51.6 Å². The number of aliphatic carboxylic acids is 1. The fourth-order valence-electron chi connectivity index (χ4n) is 2.97. The van der Waals surface area contributed by atoms with Gasteiger partial charge in [0, 0.05) is 42.5 Å². The topological polar surface area (TPSA) is 100 Å². The molecule has 0 radical (unpaired) electrons. The summed E-state index contributed by atoms with van der Waals surface area (Å²) in [4.78, 5) is 13.2. The summed E-state index contributed by atoms with van der Waals surface area (Å²) in [7, 11) is 0. The van der Waals surface area contributed by atoms with E-state index in [9.17, 15) is 13.2 Å². The number of nitrogens with one attached hydrogen (secondary N) is 2. The van der Waals surface area contributed by atoms with E-state index in [1.54, 1.807) is 11.3 Å². The maximum Gasteiger partial charge on any atom is 0.490 e. The molecule has 30 heavy (non-hydrogen) atoms. The van der Waals surface area contributed by atoms with Crippen LogP contribution >= 0.6 is 11.3 Å². The Balaban J connectivity index is 0.000000318. The summed E-state index contributed by atoms with van der Waals surface area (Å²) < 4.78 is 32.9. The van der Waals surface area contributed by atoms with Crippen LogP contribution in [-0.2, 0) is 11.3 Å². The standard InChI is InChI=1S/C17H19N5S.C2HF3O2/c1-2-12(8-18-6-1)20-9-13-3-4-16(22-21-13)15-10-19-11-17-14(15)5-7-23-17;3-2(4,5)1(6)7/h3-5,7,10-12,18,20H,1-2,6,8-9H2;(H,6,7). The zero-order valence-corrected chi connectivity index (χ0v) is 16.6. The van der Waals surface area contributed by atoms with E-state index in [0.717, 1.165) is 36.6 Å². The Morgan fingerprint density at radius 3 is 2.70 bits per heavy atom. The predicted molar refractivity (Wildman–Crippen MR) is 107 cm³/mol. The van der Waals surface area contributed by atoms with Crippen LogP contribution in [0, 0.1) is 0 Å². The Bertz CT molecular complexity index is 972. The number of hydrogen-bond acceptors (Lipinski definition) is 7. The molecule has 11 heteroatoms. The molecule has 3 N–H and O–H groups in total. The second kappa shape index (κ2) is 9.92. The molecule has 1 saturated heterocycles. The van der Waals surface area contributed by atoms with Crippen molar-refractivity contribution in [1.82, 2.24) is 25.8 Å². The molecule has 1 aliphatic rings. The molecule has 0 amide bonds. The van der Waals surface area contributed by atoms with Crippen molar-refractivity contribution in [2.75, 3.05) is 13.1 Å². The highest BCUT2D eigenvalue weighted by Crippen LogP contribution is 2.29. The Morgan fingerprint density at radius 2 is 2.07 bits per heavy atom. The van der Waals surface area contributed by atoms with E-state index in [2.05, 4.69) is 43.3 Å². The predicted octanol–water partition coefficient (Wildman–Crippen LogP) is 3.23. The lowest BCUT2D eigenvalue weighted by molar-refractivity contribution is -0.192. The number of piperidine rings is 1. The number of thiophene rings is 1. The number of rotatable bonds is 4. The van der Waals surface area contributed by atoms with Crippen LogP contribution in [0.4, 0.5) is 13.2 Å². The Kier molecular flexibility index (Phi) is 7.29. The zero-order valence-electron chi connectivity index (χ0n) is 15.8. The Labute approximate surface area is 174 Å². The number of halogens is 3. The highest BCUT2D eigenvalue weighted by Gasteiger charge is 2.38. The van der Waals surface area contributed by atoms with Crippen LogP contribution in [0.15, 0.2) is 36.0 Å². The third kappa shape index (κ3) is 5.94. The van der Waals surface area contributed by atoms with Gasteiger partial charge in [-0.2, -0.15) is 23.4 Å². The van der Waals surface area contributed by atoms with E-state index >= 15 is 0 Å². The highest BCUT2D eigenvalue weighted by molar-refractivity contribution is 7.17. The summed E-state index contributed by atoms with van der Waals surface area (Å²) in [6.45, 7) is 2.94. The van der Waals surface area contributed by atoms with Gasteiger partial charge in [0.15, 0.2) is 0 Å². The van der Waals surface area contributed by atoms with Crippen molar-refractivity contribution in [2.24, 2.45) is 0 Å². The van der Waals surface area contributed by atoms with E-state index in [0.29, 0.717) is 6.04 Å². The monoisotopic (exact) mass is 439 g/mol. The fourth-order valence-corrected chi connectivity index (χ4v) is 3.75. The molecular weight excluding hydrogens is 419 g/mol. The highest BCUT2D eigenvalue weighted by atomic mass is 32.1. The quantitative estimate of drug-likeness (QED) is 0.574. The van der Waals surface area contributed by atoms with Gasteiger partial charge in [-0.15, -0.1) is 11.3 Å². The summed E-state index contributed by atoms with van der Waals surface area (Å²) in [5.74, 6) is -2.76. The van der Waals surface area contributed by atoms with Crippen LogP contribution < -0.4 is 10.6 Å². The van der Waals surface area contributed by atoms with Crippen molar-refractivity contribution in [1.29, 1.82) is 0 Å². The maximum atomic E-state index is 10.6. The average molecular weight is 439 g/mol. The van der Waals surface area contributed by atoms with E-state index in [1.807, 2.05) is 18.5 Å². The summed E-state index contributed by atoms with van der Waals surface area (Å²) in [5.41, 5.74) is 2.90. The van der Waals surface area contributed by atoms with Crippen LogP contribution in [0.5, 0.6) is 0 Å². The maximum absolute atomic E-state index is 10.6. The SMILES string of the molecule is O=C(O)C(F)(F)F.c1cc2c(-c3ccc(CNC4CCCNC4)nn3)cncc2s1. The first kappa shape index (κ1) is 22.1. The summed E-state index contributed by atoms with van der Waals surface area (Å²) >= 11 is 1.70. The van der Waals surface area contributed by atoms with Gasteiger partial charge in [-0.05, 0) is 43.0 Å². The number of hydrogen-bond donors (Lipinski definition) is 3. The van der Waals surface area contributed by atoms with Crippen LogP contribution in [0.2, 0.25) is 0 Å². The number of carboxylic acid groups (broad SMARTS) is 1. The normalized spacial score (nSPS) is 16.7. The molecule has 3 aromatic heterocycles. The van der Waals surface area contributed by atoms with Crippen molar-refractivity contribution < 1.29 is 23.1 Å². The molecule has 4 heterocycles. The molecule has 4 rings (SSSR count). The Hall–Kier alpha value is -2.63. The minimum atomic E-state index is -5.08. The summed E-state index contributed by atoms with van der Waals surface area (Å²) in [5, 5.41) is 26.1. The average Bonchev–Trinajstić information content (AvgIpc) is 3.22. The fraction of sp³-hybridized carbons (Fsp3) is 0.368. The van der Waals surface area contributed by atoms with E-state index in [1.165, 1.54) is 22.9 Å². The van der Waals surface area contributed by atoms with Gasteiger partial charge in [-0.1, -0.05) is 0 Å². The number of nitrogens with zero attached hydrogens (tertiary/aromatic N) is 3. The molecule has 1 aliphatic heterocycles. The van der Waals surface area contributed by atoms with E-state index in [4.69, 9.17) is 9.90 Å². The first-order valence-electron chi connectivity index (χ1n) is 9.23. The van der Waals surface area contributed by atoms with Crippen LogP contribution in [0.3, 0.4) is 0 Å². The lowest BCUT2D eigenvalue weighted by Crippen LogP contribution is -2.42. The zero-order chi connectivity index (χ0) is 21.6. The molecule has 160 valence electrons. The van der Waals surface area contributed by atoms with E-state index < -0.39 is 12.1 Å². The van der Waals surface area contributed by atoms with Crippen LogP contribution in [0.25, 0.3) is 21.3 Å². The van der Waals surface area contributed by atoms with Gasteiger partial charge < -0.3 is 15.7 Å². The number of alkyl halides is 3. The molecule has 0 aromatic carbocycles. The third-order valence-electron chi connectivity index (χ3n) is 4.49. The number of fused-ring (bicyclic) bond motifs is 1. The van der Waals surface area contributed by atoms with Crippen molar-refractivity contribution in [2.45, 2.75) is 31.6 Å².